The summed E-state index contributed by atoms with van der Waals surface area (Å²) in [7, 11) is 1.20. The number of nitrogens with two attached hydrogens (primary N) is 1. The average molecular weight is 223 g/mol. The first kappa shape index (κ1) is 10.1. The minimum Gasteiger partial charge on any atom is -0.437 e. The van der Waals surface area contributed by atoms with Crippen molar-refractivity contribution in [2.24, 2.45) is 0 Å². The van der Waals surface area contributed by atoms with Crippen molar-refractivity contribution < 1.29 is 14.3 Å². The zero-order valence-electron chi connectivity index (χ0n) is 8.64. The number of aromatic amines is 1. The van der Waals surface area contributed by atoms with Gasteiger partial charge in [0, 0.05) is 0 Å². The zero-order valence-corrected chi connectivity index (χ0v) is 8.64. The van der Waals surface area contributed by atoms with Crippen LogP contribution in [0, 0.1) is 6.92 Å². The van der Waals surface area contributed by atoms with E-state index in [9.17, 15) is 4.79 Å². The number of nitrogen functional groups attached to an aromatic ring is 1. The normalized spacial score (nSPS) is 10.4. The van der Waals surface area contributed by atoms with E-state index in [1.165, 1.54) is 7.11 Å². The van der Waals surface area contributed by atoms with Gasteiger partial charge in [-0.05, 0) is 6.92 Å². The van der Waals surface area contributed by atoms with Gasteiger partial charge in [-0.25, -0.2) is 14.8 Å². The van der Waals surface area contributed by atoms with Crippen molar-refractivity contribution in [3.05, 3.63) is 5.82 Å². The van der Waals surface area contributed by atoms with Crippen molar-refractivity contribution in [2.45, 2.75) is 6.92 Å². The number of hydrogen-bond donors (Lipinski definition) is 2. The van der Waals surface area contributed by atoms with Crippen molar-refractivity contribution >= 4 is 23.1 Å². The Balaban J connectivity index is 2.44. The predicted octanol–water partition coefficient (Wildman–Crippen LogP) is 0.389. The van der Waals surface area contributed by atoms with Crippen LogP contribution >= 0.6 is 0 Å². The molecule has 2 rings (SSSR count). The molecular weight excluding hydrogens is 214 g/mol. The molecule has 16 heavy (non-hydrogen) atoms. The zero-order chi connectivity index (χ0) is 11.7. The molecule has 0 spiro atoms. The van der Waals surface area contributed by atoms with Crippen LogP contribution < -0.4 is 10.5 Å². The monoisotopic (exact) mass is 223 g/mol. The van der Waals surface area contributed by atoms with Crippen LogP contribution in [0.5, 0.6) is 6.01 Å². The second-order valence-corrected chi connectivity index (χ2v) is 2.95. The Morgan fingerprint density at radius 3 is 2.81 bits per heavy atom. The Kier molecular flexibility index (Phi) is 2.31. The lowest BCUT2D eigenvalue weighted by Crippen LogP contribution is -2.08. The van der Waals surface area contributed by atoms with E-state index in [4.69, 9.17) is 10.5 Å². The molecule has 8 nitrogen and oxygen atoms in total. The number of hydrogen-bond acceptors (Lipinski definition) is 7. The molecule has 0 unspecified atom stereocenters. The lowest BCUT2D eigenvalue weighted by molar-refractivity contribution is 0.118. The standard InChI is InChI=1S/C8H9N5O3/c1-3-10-5(9)4-6(11-3)13-7(12-4)16-8(14)15-2/h1-2H3,(H3,9,10,11,12,13). The molecule has 2 aromatic rings. The molecule has 0 aliphatic heterocycles. The largest absolute Gasteiger partial charge is 0.516 e. The minimum absolute atomic E-state index is 0.0338. The summed E-state index contributed by atoms with van der Waals surface area (Å²) in [6.45, 7) is 1.69. The number of carbonyl (C=O) groups excluding carboxylic acids is 1. The number of anilines is 1. The number of nitrogens with one attached hydrogen (secondary N) is 1. The summed E-state index contributed by atoms with van der Waals surface area (Å²) in [6, 6.07) is -0.0338. The van der Waals surface area contributed by atoms with E-state index >= 15 is 0 Å². The number of H-pyrrole nitrogens is 1. The van der Waals surface area contributed by atoms with Gasteiger partial charge in [-0.2, -0.15) is 4.98 Å². The van der Waals surface area contributed by atoms with Gasteiger partial charge >= 0.3 is 12.2 Å². The Bertz CT molecular complexity index is 550. The fourth-order valence-electron chi connectivity index (χ4n) is 1.19. The van der Waals surface area contributed by atoms with E-state index in [1.807, 2.05) is 0 Å². The molecule has 0 saturated carbocycles. The number of aryl methyl sites for hydroxylation is 1. The van der Waals surface area contributed by atoms with Gasteiger partial charge in [0.25, 0.3) is 0 Å². The summed E-state index contributed by atoms with van der Waals surface area (Å²) in [6.07, 6.45) is -0.873. The summed E-state index contributed by atoms with van der Waals surface area (Å²) in [5.41, 5.74) is 6.39. The molecule has 84 valence electrons. The second kappa shape index (κ2) is 3.65. The van der Waals surface area contributed by atoms with E-state index in [2.05, 4.69) is 24.7 Å². The van der Waals surface area contributed by atoms with Crippen molar-refractivity contribution in [2.75, 3.05) is 12.8 Å². The van der Waals surface area contributed by atoms with Crippen LogP contribution in [-0.2, 0) is 4.74 Å². The summed E-state index contributed by atoms with van der Waals surface area (Å²) < 4.78 is 9.01. The van der Waals surface area contributed by atoms with Crippen LogP contribution in [0.3, 0.4) is 0 Å². The molecule has 0 saturated heterocycles. The maximum absolute atomic E-state index is 10.8. The predicted molar refractivity (Wildman–Crippen MR) is 53.9 cm³/mol. The quantitative estimate of drug-likeness (QED) is 0.671. The first-order valence-electron chi connectivity index (χ1n) is 4.36. The number of aromatic nitrogens is 4. The number of ether oxygens (including phenoxy) is 2. The van der Waals surface area contributed by atoms with E-state index in [0.717, 1.165) is 0 Å². The van der Waals surface area contributed by atoms with Crippen LogP contribution in [-0.4, -0.2) is 33.2 Å². The minimum atomic E-state index is -0.873. The van der Waals surface area contributed by atoms with E-state index in [1.54, 1.807) is 6.92 Å². The highest BCUT2D eigenvalue weighted by Gasteiger charge is 2.12. The number of carbonyl (C=O) groups is 1. The molecule has 0 bridgehead atoms. The first-order valence-corrected chi connectivity index (χ1v) is 4.36. The number of imidazole rings is 1. The third-order valence-electron chi connectivity index (χ3n) is 1.81. The summed E-state index contributed by atoms with van der Waals surface area (Å²) in [5.74, 6) is 0.719. The number of rotatable bonds is 1. The molecule has 0 aliphatic carbocycles. The van der Waals surface area contributed by atoms with E-state index in [0.29, 0.717) is 17.0 Å². The van der Waals surface area contributed by atoms with Gasteiger partial charge in [0.15, 0.2) is 17.0 Å². The Morgan fingerprint density at radius 1 is 1.38 bits per heavy atom. The number of nitrogens with zero attached hydrogens (tertiary/aromatic N) is 3. The molecule has 2 heterocycles. The smallest absolute Gasteiger partial charge is 0.437 e. The second-order valence-electron chi connectivity index (χ2n) is 2.95. The van der Waals surface area contributed by atoms with Crippen LogP contribution in [0.1, 0.15) is 5.82 Å². The fourth-order valence-corrected chi connectivity index (χ4v) is 1.19. The average Bonchev–Trinajstić information content (AvgIpc) is 2.60. The number of methoxy groups -OCH3 is 1. The fraction of sp³-hybridized carbons (Fsp3) is 0.250. The van der Waals surface area contributed by atoms with E-state index in [-0.39, 0.29) is 11.8 Å². The van der Waals surface area contributed by atoms with Crippen molar-refractivity contribution in [1.82, 2.24) is 19.9 Å². The molecule has 0 atom stereocenters. The summed E-state index contributed by atoms with van der Waals surface area (Å²) in [5, 5.41) is 0. The van der Waals surface area contributed by atoms with Crippen molar-refractivity contribution in [3.63, 3.8) is 0 Å². The maximum Gasteiger partial charge on any atom is 0.516 e. The highest BCUT2D eigenvalue weighted by Crippen LogP contribution is 2.18. The molecule has 0 radical (unpaired) electrons. The molecular formula is C8H9N5O3. The first-order chi connectivity index (χ1) is 7.60. The van der Waals surface area contributed by atoms with Gasteiger partial charge in [-0.15, -0.1) is 0 Å². The van der Waals surface area contributed by atoms with Gasteiger partial charge < -0.3 is 15.2 Å². The van der Waals surface area contributed by atoms with E-state index < -0.39 is 6.16 Å². The summed E-state index contributed by atoms with van der Waals surface area (Å²) in [4.78, 5) is 25.4. The molecule has 2 aromatic heterocycles. The lowest BCUT2D eigenvalue weighted by Gasteiger charge is -1.95. The molecule has 0 fully saturated rings. The molecule has 0 amide bonds. The summed E-state index contributed by atoms with van der Waals surface area (Å²) >= 11 is 0. The topological polar surface area (TPSA) is 116 Å². The molecule has 3 N–H and O–H groups in total. The third-order valence-corrected chi connectivity index (χ3v) is 1.81. The Labute approximate surface area is 89.8 Å². The third kappa shape index (κ3) is 1.72. The van der Waals surface area contributed by atoms with Crippen LogP contribution in [0.15, 0.2) is 0 Å². The van der Waals surface area contributed by atoms with Gasteiger partial charge in [0.05, 0.1) is 7.11 Å². The lowest BCUT2D eigenvalue weighted by atomic mass is 10.5. The Hall–Kier alpha value is -2.38. The van der Waals surface area contributed by atoms with Gasteiger partial charge in [-0.1, -0.05) is 0 Å². The molecule has 0 aliphatic rings. The van der Waals surface area contributed by atoms with Gasteiger partial charge in [-0.3, -0.25) is 4.98 Å². The van der Waals surface area contributed by atoms with Gasteiger partial charge in [0.1, 0.15) is 5.82 Å². The molecule has 0 aromatic carbocycles. The van der Waals surface area contributed by atoms with Gasteiger partial charge in [0.2, 0.25) is 0 Å². The molecule has 8 heteroatoms. The van der Waals surface area contributed by atoms with Crippen LogP contribution in [0.2, 0.25) is 0 Å². The Morgan fingerprint density at radius 2 is 2.12 bits per heavy atom. The van der Waals surface area contributed by atoms with Crippen LogP contribution in [0.4, 0.5) is 10.6 Å². The van der Waals surface area contributed by atoms with Crippen molar-refractivity contribution in [1.29, 1.82) is 0 Å². The maximum atomic E-state index is 10.8. The number of fused-ring (bicyclic) bond motifs is 1. The van der Waals surface area contributed by atoms with Crippen molar-refractivity contribution in [3.8, 4) is 6.01 Å². The van der Waals surface area contributed by atoms with Crippen LogP contribution in [0.25, 0.3) is 11.2 Å². The SMILES string of the molecule is COC(=O)Oc1nc2c(N)nc(C)nc2[nH]1. The highest BCUT2D eigenvalue weighted by atomic mass is 16.7. The highest BCUT2D eigenvalue weighted by molar-refractivity contribution is 5.82.